The Morgan fingerprint density at radius 1 is 0.824 bits per heavy atom. The highest BCUT2D eigenvalue weighted by atomic mass is 35.5. The minimum atomic E-state index is -0.667. The van der Waals surface area contributed by atoms with Crippen molar-refractivity contribution in [1.29, 1.82) is 0 Å². The summed E-state index contributed by atoms with van der Waals surface area (Å²) in [4.78, 5) is 28.7. The molecule has 0 aromatic heterocycles. The Bertz CT molecular complexity index is 1090. The van der Waals surface area contributed by atoms with Crippen LogP contribution in [0.1, 0.15) is 30.5 Å². The monoisotopic (exact) mass is 496 g/mol. The van der Waals surface area contributed by atoms with E-state index in [2.05, 4.69) is 5.32 Å². The molecule has 0 saturated carbocycles. The molecule has 6 heteroatoms. The van der Waals surface area contributed by atoms with E-state index in [1.807, 2.05) is 74.5 Å². The number of halogens is 2. The quantitative estimate of drug-likeness (QED) is 0.377. The Labute approximate surface area is 211 Å². The summed E-state index contributed by atoms with van der Waals surface area (Å²) >= 11 is 12.2. The van der Waals surface area contributed by atoms with Gasteiger partial charge in [0.1, 0.15) is 6.04 Å². The van der Waals surface area contributed by atoms with E-state index in [4.69, 9.17) is 23.2 Å². The molecule has 34 heavy (non-hydrogen) atoms. The van der Waals surface area contributed by atoms with Crippen LogP contribution < -0.4 is 5.32 Å². The summed E-state index contributed by atoms with van der Waals surface area (Å²) in [5, 5.41) is 4.23. The fraction of sp³-hybridized carbons (Fsp3) is 0.286. The van der Waals surface area contributed by atoms with E-state index < -0.39 is 6.04 Å². The van der Waals surface area contributed by atoms with Gasteiger partial charge >= 0.3 is 0 Å². The molecule has 1 N–H and O–H groups in total. The first-order chi connectivity index (χ1) is 16.3. The van der Waals surface area contributed by atoms with Crippen LogP contribution in [0.4, 0.5) is 0 Å². The molecule has 1 atom stereocenters. The molecule has 0 spiro atoms. The van der Waals surface area contributed by atoms with Crippen LogP contribution in [0, 0.1) is 5.92 Å². The average molecular weight is 497 g/mol. The van der Waals surface area contributed by atoms with E-state index in [-0.39, 0.29) is 24.8 Å². The highest BCUT2D eigenvalue weighted by Gasteiger charge is 2.30. The van der Waals surface area contributed by atoms with Crippen LogP contribution in [0.15, 0.2) is 78.9 Å². The highest BCUT2D eigenvalue weighted by Crippen LogP contribution is 2.19. The van der Waals surface area contributed by atoms with E-state index in [1.165, 1.54) is 0 Å². The first kappa shape index (κ1) is 25.8. The number of benzene rings is 3. The number of carbonyl (C=O) groups is 2. The van der Waals surface area contributed by atoms with Crippen LogP contribution in [-0.2, 0) is 29.0 Å². The van der Waals surface area contributed by atoms with Crippen LogP contribution in [0.2, 0.25) is 10.0 Å². The molecule has 0 aliphatic carbocycles. The summed E-state index contributed by atoms with van der Waals surface area (Å²) in [7, 11) is 0. The van der Waals surface area contributed by atoms with E-state index in [0.717, 1.165) is 16.7 Å². The molecule has 2 amide bonds. The molecule has 3 rings (SSSR count). The van der Waals surface area contributed by atoms with Crippen molar-refractivity contribution in [2.45, 2.75) is 39.3 Å². The summed E-state index contributed by atoms with van der Waals surface area (Å²) in [6.45, 7) is 4.91. The molecular weight excluding hydrogens is 467 g/mol. The zero-order valence-corrected chi connectivity index (χ0v) is 21.0. The van der Waals surface area contributed by atoms with Crippen LogP contribution in [-0.4, -0.2) is 29.3 Å². The van der Waals surface area contributed by atoms with Gasteiger partial charge in [0.15, 0.2) is 0 Å². The number of nitrogens with zero attached hydrogens (tertiary/aromatic N) is 1. The zero-order valence-electron chi connectivity index (χ0n) is 19.5. The predicted octanol–water partition coefficient (Wildman–Crippen LogP) is 5.95. The standard InChI is InChI=1S/C28H30Cl2N2O2/c1-20(2)18-31-28(34)26(16-21-7-4-3-5-8-21)32(19-23-9-6-10-25(30)15-23)27(33)17-22-11-13-24(29)14-12-22/h3-15,20,26H,16-19H2,1-2H3,(H,31,34)/t26-/m0/s1. The third-order valence-corrected chi connectivity index (χ3v) is 5.95. The molecule has 0 fully saturated rings. The first-order valence-corrected chi connectivity index (χ1v) is 12.2. The molecule has 4 nitrogen and oxygen atoms in total. The van der Waals surface area contributed by atoms with Gasteiger partial charge in [-0.3, -0.25) is 9.59 Å². The van der Waals surface area contributed by atoms with Gasteiger partial charge in [0, 0.05) is 29.6 Å². The Balaban J connectivity index is 1.94. The van der Waals surface area contributed by atoms with Gasteiger partial charge in [-0.05, 0) is 46.9 Å². The van der Waals surface area contributed by atoms with Gasteiger partial charge in [-0.15, -0.1) is 0 Å². The molecule has 0 radical (unpaired) electrons. The number of hydrogen-bond donors (Lipinski definition) is 1. The lowest BCUT2D eigenvalue weighted by Gasteiger charge is -2.32. The normalized spacial score (nSPS) is 11.8. The molecular formula is C28H30Cl2N2O2. The van der Waals surface area contributed by atoms with Gasteiger partial charge in [0.25, 0.3) is 0 Å². The summed E-state index contributed by atoms with van der Waals surface area (Å²) in [5.41, 5.74) is 2.70. The van der Waals surface area contributed by atoms with E-state index in [0.29, 0.717) is 28.9 Å². The Hall–Kier alpha value is -2.82. The van der Waals surface area contributed by atoms with Crippen LogP contribution in [0.3, 0.4) is 0 Å². The van der Waals surface area contributed by atoms with Crippen molar-refractivity contribution in [3.63, 3.8) is 0 Å². The fourth-order valence-corrected chi connectivity index (χ4v) is 4.03. The smallest absolute Gasteiger partial charge is 0.243 e. The predicted molar refractivity (Wildman–Crippen MR) is 139 cm³/mol. The number of hydrogen-bond acceptors (Lipinski definition) is 2. The van der Waals surface area contributed by atoms with Crippen molar-refractivity contribution >= 4 is 35.0 Å². The third-order valence-electron chi connectivity index (χ3n) is 5.47. The van der Waals surface area contributed by atoms with Crippen molar-refractivity contribution in [2.75, 3.05) is 6.54 Å². The Kier molecular flexibility index (Phi) is 9.55. The van der Waals surface area contributed by atoms with Gasteiger partial charge in [-0.2, -0.15) is 0 Å². The van der Waals surface area contributed by atoms with Crippen LogP contribution in [0.5, 0.6) is 0 Å². The Morgan fingerprint density at radius 2 is 1.50 bits per heavy atom. The summed E-state index contributed by atoms with van der Waals surface area (Å²) in [5.74, 6) is -0.000521. The second-order valence-electron chi connectivity index (χ2n) is 8.80. The van der Waals surface area contributed by atoms with Crippen molar-refractivity contribution in [3.05, 3.63) is 106 Å². The maximum atomic E-state index is 13.6. The topological polar surface area (TPSA) is 49.4 Å². The minimum Gasteiger partial charge on any atom is -0.354 e. The molecule has 0 unspecified atom stereocenters. The third kappa shape index (κ3) is 7.89. The lowest BCUT2D eigenvalue weighted by atomic mass is 10.0. The van der Waals surface area contributed by atoms with E-state index in [9.17, 15) is 9.59 Å². The maximum absolute atomic E-state index is 13.6. The molecule has 0 aliphatic heterocycles. The van der Waals surface area contributed by atoms with Gasteiger partial charge in [-0.1, -0.05) is 91.6 Å². The van der Waals surface area contributed by atoms with E-state index in [1.54, 1.807) is 23.1 Å². The lowest BCUT2D eigenvalue weighted by molar-refractivity contribution is -0.140. The second kappa shape index (κ2) is 12.6. The maximum Gasteiger partial charge on any atom is 0.243 e. The van der Waals surface area contributed by atoms with Crippen LogP contribution >= 0.6 is 23.2 Å². The summed E-state index contributed by atoms with van der Waals surface area (Å²) in [6, 6.07) is 23.7. The van der Waals surface area contributed by atoms with Crippen molar-refractivity contribution in [3.8, 4) is 0 Å². The number of rotatable bonds is 10. The van der Waals surface area contributed by atoms with Crippen molar-refractivity contribution < 1.29 is 9.59 Å². The number of carbonyl (C=O) groups excluding carboxylic acids is 2. The zero-order chi connectivity index (χ0) is 24.5. The molecule has 0 saturated heterocycles. The number of nitrogens with one attached hydrogen (secondary N) is 1. The fourth-order valence-electron chi connectivity index (χ4n) is 3.69. The van der Waals surface area contributed by atoms with Crippen LogP contribution in [0.25, 0.3) is 0 Å². The molecule has 178 valence electrons. The van der Waals surface area contributed by atoms with E-state index >= 15 is 0 Å². The largest absolute Gasteiger partial charge is 0.354 e. The minimum absolute atomic E-state index is 0.136. The second-order valence-corrected chi connectivity index (χ2v) is 9.67. The number of amides is 2. The first-order valence-electron chi connectivity index (χ1n) is 11.4. The Morgan fingerprint density at radius 3 is 2.15 bits per heavy atom. The summed E-state index contributed by atoms with van der Waals surface area (Å²) in [6.07, 6.45) is 0.582. The molecule has 3 aromatic carbocycles. The molecule has 0 bridgehead atoms. The van der Waals surface area contributed by atoms with Gasteiger partial charge in [0.05, 0.1) is 6.42 Å². The van der Waals surface area contributed by atoms with Crippen molar-refractivity contribution in [1.82, 2.24) is 10.2 Å². The van der Waals surface area contributed by atoms with Crippen molar-refractivity contribution in [2.24, 2.45) is 5.92 Å². The summed E-state index contributed by atoms with van der Waals surface area (Å²) < 4.78 is 0. The highest BCUT2D eigenvalue weighted by molar-refractivity contribution is 6.30. The average Bonchev–Trinajstić information content (AvgIpc) is 2.82. The lowest BCUT2D eigenvalue weighted by Crippen LogP contribution is -2.51. The molecule has 3 aromatic rings. The van der Waals surface area contributed by atoms with Gasteiger partial charge in [0.2, 0.25) is 11.8 Å². The van der Waals surface area contributed by atoms with Gasteiger partial charge in [-0.25, -0.2) is 0 Å². The molecule has 0 heterocycles. The molecule has 0 aliphatic rings. The van der Waals surface area contributed by atoms with Gasteiger partial charge < -0.3 is 10.2 Å². The SMILES string of the molecule is CC(C)CNC(=O)[C@H](Cc1ccccc1)N(Cc1cccc(Cl)c1)C(=O)Cc1ccc(Cl)cc1.